The summed E-state index contributed by atoms with van der Waals surface area (Å²) >= 11 is 0. The van der Waals surface area contributed by atoms with Crippen molar-refractivity contribution in [2.75, 3.05) is 6.54 Å². The van der Waals surface area contributed by atoms with Gasteiger partial charge in [-0.15, -0.1) is 0 Å². The van der Waals surface area contributed by atoms with Crippen molar-refractivity contribution in [3.8, 4) is 6.07 Å². The Bertz CT molecular complexity index is 404. The molecule has 16 heavy (non-hydrogen) atoms. The summed E-state index contributed by atoms with van der Waals surface area (Å²) in [7, 11) is 0. The smallest absolute Gasteiger partial charge is 0.276 e. The van der Waals surface area contributed by atoms with Crippen LogP contribution in [0.5, 0.6) is 0 Å². The second kappa shape index (κ2) is 5.31. The van der Waals surface area contributed by atoms with Gasteiger partial charge in [-0.1, -0.05) is 5.16 Å². The molecule has 86 valence electrons. The van der Waals surface area contributed by atoms with Crippen LogP contribution in [0, 0.1) is 18.3 Å². The number of nitrogens with zero attached hydrogens (tertiary/aromatic N) is 3. The van der Waals surface area contributed by atoms with Crippen LogP contribution in [0.2, 0.25) is 0 Å². The van der Waals surface area contributed by atoms with Gasteiger partial charge in [0.25, 0.3) is 5.91 Å². The third-order valence-corrected chi connectivity index (χ3v) is 2.20. The quantitative estimate of drug-likeness (QED) is 0.776. The van der Waals surface area contributed by atoms with E-state index in [2.05, 4.69) is 5.16 Å². The second-order valence-corrected chi connectivity index (χ2v) is 3.82. The lowest BCUT2D eigenvalue weighted by molar-refractivity contribution is 0.0699. The number of amides is 1. The monoisotopic (exact) mass is 221 g/mol. The first kappa shape index (κ1) is 12.2. The molecule has 0 spiro atoms. The highest BCUT2D eigenvalue weighted by Gasteiger charge is 2.21. The molecule has 1 heterocycles. The Kier molecular flexibility index (Phi) is 4.06. The van der Waals surface area contributed by atoms with Gasteiger partial charge in [0.1, 0.15) is 5.76 Å². The van der Waals surface area contributed by atoms with E-state index >= 15 is 0 Å². The minimum Gasteiger partial charge on any atom is -0.361 e. The normalized spacial score (nSPS) is 10.2. The van der Waals surface area contributed by atoms with Crippen molar-refractivity contribution in [1.29, 1.82) is 5.26 Å². The Morgan fingerprint density at radius 1 is 1.69 bits per heavy atom. The van der Waals surface area contributed by atoms with E-state index in [-0.39, 0.29) is 11.9 Å². The minimum atomic E-state index is -0.192. The zero-order chi connectivity index (χ0) is 12.1. The fourth-order valence-electron chi connectivity index (χ4n) is 1.38. The van der Waals surface area contributed by atoms with Crippen molar-refractivity contribution >= 4 is 5.91 Å². The predicted molar refractivity (Wildman–Crippen MR) is 57.6 cm³/mol. The number of carbonyl (C=O) groups excluding carboxylic acids is 1. The van der Waals surface area contributed by atoms with Crippen molar-refractivity contribution in [3.05, 3.63) is 17.5 Å². The molecular weight excluding hydrogens is 206 g/mol. The molecule has 0 saturated carbocycles. The van der Waals surface area contributed by atoms with Crippen molar-refractivity contribution in [1.82, 2.24) is 10.1 Å². The van der Waals surface area contributed by atoms with Gasteiger partial charge in [0, 0.05) is 18.7 Å². The molecule has 1 amide bonds. The molecule has 1 aromatic heterocycles. The number of nitriles is 1. The molecule has 0 unspecified atom stereocenters. The van der Waals surface area contributed by atoms with Gasteiger partial charge in [-0.25, -0.2) is 0 Å². The van der Waals surface area contributed by atoms with E-state index in [1.807, 2.05) is 19.9 Å². The van der Waals surface area contributed by atoms with Crippen molar-refractivity contribution in [2.24, 2.45) is 0 Å². The third-order valence-electron chi connectivity index (χ3n) is 2.20. The van der Waals surface area contributed by atoms with Crippen LogP contribution in [0.4, 0.5) is 0 Å². The maximum Gasteiger partial charge on any atom is 0.276 e. The molecule has 0 N–H and O–H groups in total. The summed E-state index contributed by atoms with van der Waals surface area (Å²) in [5.74, 6) is 0.412. The van der Waals surface area contributed by atoms with Gasteiger partial charge in [0.2, 0.25) is 0 Å². The molecule has 0 atom stereocenters. The molecule has 5 heteroatoms. The summed E-state index contributed by atoms with van der Waals surface area (Å²) in [5, 5.41) is 12.2. The van der Waals surface area contributed by atoms with E-state index in [4.69, 9.17) is 9.78 Å². The molecule has 0 bridgehead atoms. The zero-order valence-corrected chi connectivity index (χ0v) is 9.73. The lowest BCUT2D eigenvalue weighted by atomic mass is 10.2. The number of rotatable bonds is 4. The summed E-state index contributed by atoms with van der Waals surface area (Å²) in [4.78, 5) is 13.6. The second-order valence-electron chi connectivity index (χ2n) is 3.82. The average molecular weight is 221 g/mol. The number of aryl methyl sites for hydroxylation is 1. The maximum atomic E-state index is 12.0. The summed E-state index contributed by atoms with van der Waals surface area (Å²) in [6, 6.07) is 3.67. The SMILES string of the molecule is Cc1cc(C(=O)N(CCC#N)C(C)C)no1. The molecule has 0 aliphatic rings. The van der Waals surface area contributed by atoms with E-state index in [0.717, 1.165) is 0 Å². The van der Waals surface area contributed by atoms with Gasteiger partial charge in [-0.3, -0.25) is 4.79 Å². The van der Waals surface area contributed by atoms with Crippen LogP contribution in [0.25, 0.3) is 0 Å². The summed E-state index contributed by atoms with van der Waals surface area (Å²) < 4.78 is 4.86. The Hall–Kier alpha value is -1.83. The maximum absolute atomic E-state index is 12.0. The van der Waals surface area contributed by atoms with Gasteiger partial charge < -0.3 is 9.42 Å². The van der Waals surface area contributed by atoms with Gasteiger partial charge in [-0.05, 0) is 20.8 Å². The molecule has 0 aliphatic heterocycles. The highest BCUT2D eigenvalue weighted by Crippen LogP contribution is 2.09. The molecular formula is C11H15N3O2. The Morgan fingerprint density at radius 3 is 2.81 bits per heavy atom. The summed E-state index contributed by atoms with van der Waals surface area (Å²) in [5.41, 5.74) is 0.295. The molecule has 0 saturated heterocycles. The Morgan fingerprint density at radius 2 is 2.38 bits per heavy atom. The van der Waals surface area contributed by atoms with Crippen LogP contribution in [0.3, 0.4) is 0 Å². The lowest BCUT2D eigenvalue weighted by Gasteiger charge is -2.24. The zero-order valence-electron chi connectivity index (χ0n) is 9.73. The number of carbonyl (C=O) groups is 1. The van der Waals surface area contributed by atoms with Crippen LogP contribution in [0.1, 0.15) is 36.5 Å². The van der Waals surface area contributed by atoms with Crippen LogP contribution in [-0.4, -0.2) is 28.6 Å². The minimum absolute atomic E-state index is 0.0397. The first-order chi connectivity index (χ1) is 7.56. The van der Waals surface area contributed by atoms with E-state index in [1.165, 1.54) is 0 Å². The van der Waals surface area contributed by atoms with E-state index in [1.54, 1.807) is 17.9 Å². The predicted octanol–water partition coefficient (Wildman–Crippen LogP) is 1.75. The van der Waals surface area contributed by atoms with E-state index in [0.29, 0.717) is 24.4 Å². The molecule has 1 aromatic rings. The Labute approximate surface area is 94.6 Å². The van der Waals surface area contributed by atoms with Crippen molar-refractivity contribution < 1.29 is 9.32 Å². The topological polar surface area (TPSA) is 70.1 Å². The molecule has 0 fully saturated rings. The fraction of sp³-hybridized carbons (Fsp3) is 0.545. The molecule has 0 radical (unpaired) electrons. The van der Waals surface area contributed by atoms with Crippen LogP contribution < -0.4 is 0 Å². The molecule has 1 rings (SSSR count). The van der Waals surface area contributed by atoms with Crippen LogP contribution >= 0.6 is 0 Å². The first-order valence-corrected chi connectivity index (χ1v) is 5.17. The number of hydrogen-bond acceptors (Lipinski definition) is 4. The number of hydrogen-bond donors (Lipinski definition) is 0. The van der Waals surface area contributed by atoms with Crippen molar-refractivity contribution in [2.45, 2.75) is 33.2 Å². The largest absolute Gasteiger partial charge is 0.361 e. The average Bonchev–Trinajstić information content (AvgIpc) is 2.64. The van der Waals surface area contributed by atoms with E-state index < -0.39 is 0 Å². The third kappa shape index (κ3) is 2.83. The summed E-state index contributed by atoms with van der Waals surface area (Å²) in [6.07, 6.45) is 0.320. The van der Waals surface area contributed by atoms with Crippen molar-refractivity contribution in [3.63, 3.8) is 0 Å². The number of aromatic nitrogens is 1. The lowest BCUT2D eigenvalue weighted by Crippen LogP contribution is -2.37. The fourth-order valence-corrected chi connectivity index (χ4v) is 1.38. The Balaban J connectivity index is 2.79. The van der Waals surface area contributed by atoms with Gasteiger partial charge >= 0.3 is 0 Å². The highest BCUT2D eigenvalue weighted by atomic mass is 16.5. The van der Waals surface area contributed by atoms with Crippen LogP contribution in [0.15, 0.2) is 10.6 Å². The standard InChI is InChI=1S/C11H15N3O2/c1-8(2)14(6-4-5-12)11(15)10-7-9(3)16-13-10/h7-8H,4,6H2,1-3H3. The summed E-state index contributed by atoms with van der Waals surface area (Å²) in [6.45, 7) is 5.96. The van der Waals surface area contributed by atoms with Crippen LogP contribution in [-0.2, 0) is 0 Å². The van der Waals surface area contributed by atoms with Gasteiger partial charge in [0.05, 0.1) is 12.5 Å². The molecule has 0 aromatic carbocycles. The first-order valence-electron chi connectivity index (χ1n) is 5.17. The highest BCUT2D eigenvalue weighted by molar-refractivity contribution is 5.92. The molecule has 5 nitrogen and oxygen atoms in total. The van der Waals surface area contributed by atoms with E-state index in [9.17, 15) is 4.79 Å². The van der Waals surface area contributed by atoms with Gasteiger partial charge in [-0.2, -0.15) is 5.26 Å². The molecule has 0 aliphatic carbocycles. The van der Waals surface area contributed by atoms with Gasteiger partial charge in [0.15, 0.2) is 5.69 Å².